The van der Waals surface area contributed by atoms with Crippen LogP contribution < -0.4 is 0 Å². The predicted molar refractivity (Wildman–Crippen MR) is 118 cm³/mol. The van der Waals surface area contributed by atoms with Crippen LogP contribution in [0.4, 0.5) is 4.39 Å². The Bertz CT molecular complexity index is 833. The minimum atomic E-state index is -0.161. The molecule has 4 unspecified atom stereocenters. The first-order valence-electron chi connectivity index (χ1n) is 11.8. The third-order valence-electron chi connectivity index (χ3n) is 7.65. The lowest BCUT2D eigenvalue weighted by molar-refractivity contribution is -0.121. The van der Waals surface area contributed by atoms with Crippen molar-refractivity contribution in [3.05, 3.63) is 41.8 Å². The number of fused-ring (bicyclic) bond motifs is 3. The molecule has 0 amide bonds. The van der Waals surface area contributed by atoms with Crippen molar-refractivity contribution < 1.29 is 9.13 Å². The molecule has 1 aromatic heterocycles. The molecule has 0 saturated heterocycles. The Morgan fingerprint density at radius 1 is 1.10 bits per heavy atom. The third-order valence-corrected chi connectivity index (χ3v) is 7.65. The quantitative estimate of drug-likeness (QED) is 0.529. The van der Waals surface area contributed by atoms with Gasteiger partial charge in [0.25, 0.3) is 0 Å². The highest BCUT2D eigenvalue weighted by Gasteiger charge is 2.46. The van der Waals surface area contributed by atoms with E-state index >= 15 is 0 Å². The standard InChI is InChI=1S/C24H30FNO.C2H6/c1-24(27-13-10-16-2-3-16)11-8-17-14-18(24)4-6-20(17)21-9-12-26-23-7-5-19(25)15-22(21)23;1-2/h5,7,9,12,15-18,20H,2-4,6,8,10-11,13-14H2,1H3;1-2H3. The van der Waals surface area contributed by atoms with Gasteiger partial charge in [-0.25, -0.2) is 4.39 Å². The van der Waals surface area contributed by atoms with Gasteiger partial charge in [-0.15, -0.1) is 0 Å². The van der Waals surface area contributed by atoms with Gasteiger partial charge >= 0.3 is 0 Å². The lowest BCUT2D eigenvalue weighted by Crippen LogP contribution is -2.46. The van der Waals surface area contributed by atoms with Crippen molar-refractivity contribution in [1.29, 1.82) is 0 Å². The van der Waals surface area contributed by atoms with E-state index in [0.29, 0.717) is 17.8 Å². The Kier molecular flexibility index (Phi) is 6.24. The van der Waals surface area contributed by atoms with Crippen LogP contribution in [0, 0.1) is 23.6 Å². The first-order chi connectivity index (χ1) is 14.1. The molecule has 29 heavy (non-hydrogen) atoms. The van der Waals surface area contributed by atoms with Crippen LogP contribution in [0.1, 0.15) is 83.6 Å². The van der Waals surface area contributed by atoms with Gasteiger partial charge in [0, 0.05) is 18.2 Å². The Morgan fingerprint density at radius 2 is 1.93 bits per heavy atom. The topological polar surface area (TPSA) is 22.1 Å². The van der Waals surface area contributed by atoms with Gasteiger partial charge < -0.3 is 4.74 Å². The maximum atomic E-state index is 13.9. The van der Waals surface area contributed by atoms with Gasteiger partial charge in [0.1, 0.15) is 5.82 Å². The van der Waals surface area contributed by atoms with E-state index in [2.05, 4.69) is 18.0 Å². The van der Waals surface area contributed by atoms with Crippen LogP contribution in [-0.2, 0) is 4.74 Å². The molecule has 1 heterocycles. The highest BCUT2D eigenvalue weighted by molar-refractivity contribution is 5.82. The first kappa shape index (κ1) is 20.8. The fourth-order valence-electron chi connectivity index (χ4n) is 5.74. The van der Waals surface area contributed by atoms with E-state index in [9.17, 15) is 4.39 Å². The number of pyridine rings is 1. The molecule has 1 aromatic carbocycles. The van der Waals surface area contributed by atoms with Crippen LogP contribution in [0.2, 0.25) is 0 Å². The second-order valence-corrected chi connectivity index (χ2v) is 9.37. The lowest BCUT2D eigenvalue weighted by Gasteiger charge is -2.50. The van der Waals surface area contributed by atoms with Gasteiger partial charge in [-0.3, -0.25) is 4.98 Å². The summed E-state index contributed by atoms with van der Waals surface area (Å²) in [5.41, 5.74) is 2.30. The summed E-state index contributed by atoms with van der Waals surface area (Å²) < 4.78 is 20.3. The van der Waals surface area contributed by atoms with Gasteiger partial charge in [0.2, 0.25) is 0 Å². The number of benzene rings is 1. The first-order valence-corrected chi connectivity index (χ1v) is 11.8. The zero-order valence-electron chi connectivity index (χ0n) is 18.3. The van der Waals surface area contributed by atoms with Gasteiger partial charge in [-0.2, -0.15) is 0 Å². The summed E-state index contributed by atoms with van der Waals surface area (Å²) in [7, 11) is 0. The van der Waals surface area contributed by atoms with Crippen LogP contribution in [0.15, 0.2) is 30.5 Å². The molecule has 5 rings (SSSR count). The molecule has 3 fully saturated rings. The number of rotatable bonds is 5. The van der Waals surface area contributed by atoms with Crippen LogP contribution in [0.5, 0.6) is 0 Å². The smallest absolute Gasteiger partial charge is 0.123 e. The average Bonchev–Trinajstić information content (AvgIpc) is 3.57. The van der Waals surface area contributed by atoms with Crippen molar-refractivity contribution in [1.82, 2.24) is 4.98 Å². The SMILES string of the molecule is CC.CC1(OCCC2CC2)CCC2CC1CCC2c1ccnc2ccc(F)cc12. The molecule has 0 N–H and O–H groups in total. The zero-order valence-corrected chi connectivity index (χ0v) is 18.3. The van der Waals surface area contributed by atoms with E-state index < -0.39 is 0 Å². The molecule has 2 bridgehead atoms. The highest BCUT2D eigenvalue weighted by Crippen LogP contribution is 2.53. The number of hydrogen-bond donors (Lipinski definition) is 0. The molecular formula is C26H36FNO. The second-order valence-electron chi connectivity index (χ2n) is 9.37. The summed E-state index contributed by atoms with van der Waals surface area (Å²) in [6.07, 6.45) is 12.0. The fourth-order valence-corrected chi connectivity index (χ4v) is 5.74. The van der Waals surface area contributed by atoms with Gasteiger partial charge in [-0.1, -0.05) is 26.7 Å². The minimum Gasteiger partial charge on any atom is -0.375 e. The summed E-state index contributed by atoms with van der Waals surface area (Å²) in [5.74, 6) is 2.69. The molecule has 0 aliphatic heterocycles. The van der Waals surface area contributed by atoms with Gasteiger partial charge in [0.15, 0.2) is 0 Å². The van der Waals surface area contributed by atoms with Gasteiger partial charge in [-0.05, 0) is 98.9 Å². The summed E-state index contributed by atoms with van der Waals surface area (Å²) in [6.45, 7) is 7.30. The monoisotopic (exact) mass is 397 g/mol. The average molecular weight is 398 g/mol. The maximum Gasteiger partial charge on any atom is 0.123 e. The predicted octanol–water partition coefficient (Wildman–Crippen LogP) is 7.27. The molecule has 3 heteroatoms. The van der Waals surface area contributed by atoms with Crippen molar-refractivity contribution in [2.75, 3.05) is 6.61 Å². The summed E-state index contributed by atoms with van der Waals surface area (Å²) in [5, 5.41) is 1.01. The van der Waals surface area contributed by atoms with E-state index in [1.54, 1.807) is 6.07 Å². The molecular weight excluding hydrogens is 361 g/mol. The fraction of sp³-hybridized carbons (Fsp3) is 0.654. The third kappa shape index (κ3) is 4.35. The van der Waals surface area contributed by atoms with Crippen molar-refractivity contribution in [3.8, 4) is 0 Å². The highest BCUT2D eigenvalue weighted by atomic mass is 19.1. The molecule has 2 nitrogen and oxygen atoms in total. The number of halogens is 1. The van der Waals surface area contributed by atoms with E-state index in [0.717, 1.165) is 23.4 Å². The number of aromatic nitrogens is 1. The Labute approximate surface area is 175 Å². The van der Waals surface area contributed by atoms with Crippen LogP contribution >= 0.6 is 0 Å². The van der Waals surface area contributed by atoms with E-state index in [1.807, 2.05) is 26.1 Å². The number of nitrogens with zero attached hydrogens (tertiary/aromatic N) is 1. The maximum absolute atomic E-state index is 13.9. The van der Waals surface area contributed by atoms with E-state index in [-0.39, 0.29) is 11.4 Å². The number of hydrogen-bond acceptors (Lipinski definition) is 2. The van der Waals surface area contributed by atoms with Crippen molar-refractivity contribution in [3.63, 3.8) is 0 Å². The van der Waals surface area contributed by atoms with Crippen molar-refractivity contribution in [2.45, 2.75) is 83.7 Å². The van der Waals surface area contributed by atoms with Crippen LogP contribution in [0.25, 0.3) is 10.9 Å². The van der Waals surface area contributed by atoms with Crippen molar-refractivity contribution >= 4 is 10.9 Å². The second kappa shape index (κ2) is 8.71. The molecule has 3 saturated carbocycles. The Morgan fingerprint density at radius 3 is 2.72 bits per heavy atom. The van der Waals surface area contributed by atoms with Crippen LogP contribution in [-0.4, -0.2) is 17.2 Å². The summed E-state index contributed by atoms with van der Waals surface area (Å²) in [6, 6.07) is 7.14. The summed E-state index contributed by atoms with van der Waals surface area (Å²) in [4.78, 5) is 4.45. The molecule has 158 valence electrons. The molecule has 3 aliphatic rings. The molecule has 0 radical (unpaired) electrons. The minimum absolute atomic E-state index is 0.0722. The zero-order chi connectivity index (χ0) is 20.4. The summed E-state index contributed by atoms with van der Waals surface area (Å²) >= 11 is 0. The molecule has 3 aliphatic carbocycles. The Hall–Kier alpha value is -1.48. The lowest BCUT2D eigenvalue weighted by atomic mass is 9.60. The molecule has 4 atom stereocenters. The van der Waals surface area contributed by atoms with Crippen molar-refractivity contribution in [2.24, 2.45) is 17.8 Å². The molecule has 0 spiro atoms. The largest absolute Gasteiger partial charge is 0.375 e. The molecule has 2 aromatic rings. The number of ether oxygens (including phenoxy) is 1. The van der Waals surface area contributed by atoms with E-state index in [1.165, 1.54) is 63.0 Å². The van der Waals surface area contributed by atoms with Gasteiger partial charge in [0.05, 0.1) is 11.1 Å². The van der Waals surface area contributed by atoms with E-state index in [4.69, 9.17) is 4.74 Å². The van der Waals surface area contributed by atoms with Crippen LogP contribution in [0.3, 0.4) is 0 Å². The Balaban J connectivity index is 0.000000994. The normalized spacial score (nSPS) is 31.2.